The van der Waals surface area contributed by atoms with Crippen LogP contribution in [0.5, 0.6) is 0 Å². The minimum absolute atomic E-state index is 0.119. The van der Waals surface area contributed by atoms with E-state index < -0.39 is 5.97 Å². The van der Waals surface area contributed by atoms with Gasteiger partial charge in [0, 0.05) is 19.0 Å². The molecule has 0 aliphatic heterocycles. The topological polar surface area (TPSA) is 66.4 Å². The fourth-order valence-electron chi connectivity index (χ4n) is 2.07. The lowest BCUT2D eigenvalue weighted by Gasteiger charge is -2.13. The maximum atomic E-state index is 11.7. The number of nitrogens with one attached hydrogen (secondary N) is 1. The lowest BCUT2D eigenvalue weighted by atomic mass is 9.97. The van der Waals surface area contributed by atoms with Crippen LogP contribution < -0.4 is 5.32 Å². The van der Waals surface area contributed by atoms with Gasteiger partial charge in [0.1, 0.15) is 0 Å². The standard InChI is InChI=1S/C17H23NO3/c1-2-14(9-11-17(20)21)12-13-18-16(19)10-8-15-6-4-3-5-7-15/h3-8,10,14H,2,9,11-13H2,1H3,(H,18,19)(H,20,21). The summed E-state index contributed by atoms with van der Waals surface area (Å²) in [5.41, 5.74) is 0.987. The third-order valence-electron chi connectivity index (χ3n) is 3.42. The van der Waals surface area contributed by atoms with Gasteiger partial charge < -0.3 is 10.4 Å². The van der Waals surface area contributed by atoms with Crippen LogP contribution in [0.3, 0.4) is 0 Å². The smallest absolute Gasteiger partial charge is 0.303 e. The summed E-state index contributed by atoms with van der Waals surface area (Å²) in [7, 11) is 0. The molecular weight excluding hydrogens is 266 g/mol. The summed E-state index contributed by atoms with van der Waals surface area (Å²) in [6, 6.07) is 9.64. The molecule has 0 aliphatic rings. The van der Waals surface area contributed by atoms with Crippen molar-refractivity contribution in [1.29, 1.82) is 0 Å². The van der Waals surface area contributed by atoms with Crippen LogP contribution in [0.1, 0.15) is 38.2 Å². The highest BCUT2D eigenvalue weighted by atomic mass is 16.4. The zero-order chi connectivity index (χ0) is 15.5. The summed E-state index contributed by atoms with van der Waals surface area (Å²) in [6.07, 6.45) is 5.91. The first-order valence-electron chi connectivity index (χ1n) is 7.34. The van der Waals surface area contributed by atoms with Gasteiger partial charge in [-0.15, -0.1) is 0 Å². The summed E-state index contributed by atoms with van der Waals surface area (Å²) in [5.74, 6) is -0.533. The Morgan fingerprint density at radius 1 is 1.24 bits per heavy atom. The van der Waals surface area contributed by atoms with Gasteiger partial charge in [-0.05, 0) is 30.4 Å². The van der Waals surface area contributed by atoms with Crippen molar-refractivity contribution in [2.45, 2.75) is 32.6 Å². The summed E-state index contributed by atoms with van der Waals surface area (Å²) >= 11 is 0. The minimum Gasteiger partial charge on any atom is -0.481 e. The number of carbonyl (C=O) groups is 2. The van der Waals surface area contributed by atoms with Crippen molar-refractivity contribution in [2.75, 3.05) is 6.54 Å². The molecule has 0 aliphatic carbocycles. The molecule has 0 radical (unpaired) electrons. The molecule has 0 fully saturated rings. The number of aliphatic carboxylic acids is 1. The minimum atomic E-state index is -0.761. The molecule has 1 rings (SSSR count). The second-order valence-electron chi connectivity index (χ2n) is 5.03. The SMILES string of the molecule is CCC(CCNC(=O)C=Cc1ccccc1)CCC(=O)O. The molecule has 0 saturated carbocycles. The van der Waals surface area contributed by atoms with Gasteiger partial charge >= 0.3 is 5.97 Å². The molecule has 1 amide bonds. The normalized spacial score (nSPS) is 12.2. The Hall–Kier alpha value is -2.10. The Bertz CT molecular complexity index is 468. The Morgan fingerprint density at radius 2 is 1.95 bits per heavy atom. The number of hydrogen-bond acceptors (Lipinski definition) is 2. The fourth-order valence-corrected chi connectivity index (χ4v) is 2.07. The summed E-state index contributed by atoms with van der Waals surface area (Å²) in [4.78, 5) is 22.2. The van der Waals surface area contributed by atoms with Gasteiger partial charge in [-0.25, -0.2) is 0 Å². The number of amides is 1. The third-order valence-corrected chi connectivity index (χ3v) is 3.42. The maximum absolute atomic E-state index is 11.7. The van der Waals surface area contributed by atoms with Gasteiger partial charge in [0.05, 0.1) is 0 Å². The van der Waals surface area contributed by atoms with E-state index in [0.717, 1.165) is 18.4 Å². The lowest BCUT2D eigenvalue weighted by molar-refractivity contribution is -0.137. The van der Waals surface area contributed by atoms with Gasteiger partial charge in [0.25, 0.3) is 0 Å². The van der Waals surface area contributed by atoms with Gasteiger partial charge in [0.15, 0.2) is 0 Å². The molecule has 1 aromatic carbocycles. The number of carboxylic acid groups (broad SMARTS) is 1. The van der Waals surface area contributed by atoms with E-state index in [-0.39, 0.29) is 12.3 Å². The molecule has 0 heterocycles. The summed E-state index contributed by atoms with van der Waals surface area (Å²) in [6.45, 7) is 2.62. The average molecular weight is 289 g/mol. The summed E-state index contributed by atoms with van der Waals surface area (Å²) < 4.78 is 0. The molecule has 21 heavy (non-hydrogen) atoms. The van der Waals surface area contributed by atoms with E-state index in [1.807, 2.05) is 37.3 Å². The van der Waals surface area contributed by atoms with Gasteiger partial charge in [-0.3, -0.25) is 9.59 Å². The van der Waals surface area contributed by atoms with Gasteiger partial charge in [-0.2, -0.15) is 0 Å². The Labute approximate surface area is 125 Å². The second-order valence-corrected chi connectivity index (χ2v) is 5.03. The maximum Gasteiger partial charge on any atom is 0.303 e. The highest BCUT2D eigenvalue weighted by Gasteiger charge is 2.09. The monoisotopic (exact) mass is 289 g/mol. The molecule has 1 unspecified atom stereocenters. The molecule has 114 valence electrons. The molecule has 0 aromatic heterocycles. The number of carbonyl (C=O) groups excluding carboxylic acids is 1. The average Bonchev–Trinajstić information content (AvgIpc) is 2.49. The molecule has 2 N–H and O–H groups in total. The Balaban J connectivity index is 2.26. The largest absolute Gasteiger partial charge is 0.481 e. The van der Waals surface area contributed by atoms with Crippen LogP contribution in [0.4, 0.5) is 0 Å². The van der Waals surface area contributed by atoms with E-state index in [4.69, 9.17) is 5.11 Å². The zero-order valence-electron chi connectivity index (χ0n) is 12.4. The Kier molecular flexibility index (Phi) is 7.87. The van der Waals surface area contributed by atoms with Crippen molar-refractivity contribution in [3.8, 4) is 0 Å². The van der Waals surface area contributed by atoms with E-state index in [0.29, 0.717) is 18.9 Å². The molecule has 0 bridgehead atoms. The van der Waals surface area contributed by atoms with Crippen molar-refractivity contribution in [3.05, 3.63) is 42.0 Å². The van der Waals surface area contributed by atoms with Crippen LogP contribution in [0, 0.1) is 5.92 Å². The first-order chi connectivity index (χ1) is 10.1. The highest BCUT2D eigenvalue weighted by Crippen LogP contribution is 2.14. The van der Waals surface area contributed by atoms with Crippen LogP contribution in [0.15, 0.2) is 36.4 Å². The van der Waals surface area contributed by atoms with E-state index in [1.54, 1.807) is 6.08 Å². The molecule has 4 nitrogen and oxygen atoms in total. The van der Waals surface area contributed by atoms with E-state index >= 15 is 0 Å². The highest BCUT2D eigenvalue weighted by molar-refractivity contribution is 5.91. The van der Waals surface area contributed by atoms with Crippen LogP contribution in [-0.2, 0) is 9.59 Å². The molecular formula is C17H23NO3. The molecule has 0 saturated heterocycles. The van der Waals surface area contributed by atoms with Crippen LogP contribution in [0.25, 0.3) is 6.08 Å². The molecule has 1 aromatic rings. The molecule has 4 heteroatoms. The van der Waals surface area contributed by atoms with Crippen molar-refractivity contribution in [2.24, 2.45) is 5.92 Å². The fraction of sp³-hybridized carbons (Fsp3) is 0.412. The first-order valence-corrected chi connectivity index (χ1v) is 7.34. The van der Waals surface area contributed by atoms with E-state index in [9.17, 15) is 9.59 Å². The third kappa shape index (κ3) is 7.92. The number of benzene rings is 1. The predicted octanol–water partition coefficient (Wildman–Crippen LogP) is 3.10. The first kappa shape index (κ1) is 17.0. The Morgan fingerprint density at radius 3 is 2.57 bits per heavy atom. The van der Waals surface area contributed by atoms with Crippen LogP contribution >= 0.6 is 0 Å². The number of hydrogen-bond donors (Lipinski definition) is 2. The predicted molar refractivity (Wildman–Crippen MR) is 83.8 cm³/mol. The van der Waals surface area contributed by atoms with Crippen molar-refractivity contribution >= 4 is 18.0 Å². The van der Waals surface area contributed by atoms with E-state index in [1.165, 1.54) is 6.08 Å². The number of carboxylic acids is 1. The van der Waals surface area contributed by atoms with Crippen molar-refractivity contribution in [3.63, 3.8) is 0 Å². The summed E-state index contributed by atoms with van der Waals surface area (Å²) in [5, 5.41) is 11.5. The van der Waals surface area contributed by atoms with Crippen LogP contribution in [0.2, 0.25) is 0 Å². The van der Waals surface area contributed by atoms with E-state index in [2.05, 4.69) is 5.32 Å². The lowest BCUT2D eigenvalue weighted by Crippen LogP contribution is -2.24. The van der Waals surface area contributed by atoms with Gasteiger partial charge in [0.2, 0.25) is 5.91 Å². The number of rotatable bonds is 9. The zero-order valence-corrected chi connectivity index (χ0v) is 12.4. The molecule has 0 spiro atoms. The van der Waals surface area contributed by atoms with Gasteiger partial charge in [-0.1, -0.05) is 43.7 Å². The quantitative estimate of drug-likeness (QED) is 0.686. The van der Waals surface area contributed by atoms with Crippen molar-refractivity contribution in [1.82, 2.24) is 5.32 Å². The second kappa shape index (κ2) is 9.75. The van der Waals surface area contributed by atoms with Crippen molar-refractivity contribution < 1.29 is 14.7 Å². The van der Waals surface area contributed by atoms with Crippen LogP contribution in [-0.4, -0.2) is 23.5 Å². The molecule has 1 atom stereocenters.